The first kappa shape index (κ1) is 15.3. The Kier molecular flexibility index (Phi) is 4.12. The van der Waals surface area contributed by atoms with E-state index >= 15 is 0 Å². The quantitative estimate of drug-likeness (QED) is 0.789. The van der Waals surface area contributed by atoms with Gasteiger partial charge in [-0.1, -0.05) is 6.92 Å². The van der Waals surface area contributed by atoms with Gasteiger partial charge in [0.2, 0.25) is 0 Å². The highest BCUT2D eigenvalue weighted by atomic mass is 35.7. The molecule has 4 nitrogen and oxygen atoms in total. The summed E-state index contributed by atoms with van der Waals surface area (Å²) in [6, 6.07) is 4.59. The van der Waals surface area contributed by atoms with Crippen LogP contribution in [0.15, 0.2) is 23.1 Å². The number of carbonyl (C=O) groups is 1. The van der Waals surface area contributed by atoms with Gasteiger partial charge in [-0.2, -0.15) is 0 Å². The zero-order valence-corrected chi connectivity index (χ0v) is 13.3. The Balaban J connectivity index is 2.32. The average Bonchev–Trinajstić information content (AvgIpc) is 2.66. The van der Waals surface area contributed by atoms with Crippen molar-refractivity contribution in [3.63, 3.8) is 0 Å². The average molecular weight is 316 g/mol. The molecule has 1 aliphatic rings. The summed E-state index contributed by atoms with van der Waals surface area (Å²) in [6.07, 6.45) is 0.999. The summed E-state index contributed by atoms with van der Waals surface area (Å²) in [6.45, 7) is 6.63. The Morgan fingerprint density at radius 1 is 1.35 bits per heavy atom. The van der Waals surface area contributed by atoms with E-state index in [9.17, 15) is 13.2 Å². The highest BCUT2D eigenvalue weighted by Gasteiger charge is 2.31. The second-order valence-electron chi connectivity index (χ2n) is 5.56. The Labute approximate surface area is 124 Å². The van der Waals surface area contributed by atoms with Crippen LogP contribution in [0.5, 0.6) is 0 Å². The molecule has 1 saturated heterocycles. The molecule has 0 aliphatic carbocycles. The van der Waals surface area contributed by atoms with Crippen molar-refractivity contribution in [3.8, 4) is 0 Å². The van der Waals surface area contributed by atoms with Crippen LogP contribution < -0.4 is 0 Å². The summed E-state index contributed by atoms with van der Waals surface area (Å²) in [5, 5.41) is 0. The third-order valence-electron chi connectivity index (χ3n) is 3.75. The van der Waals surface area contributed by atoms with Crippen LogP contribution in [0.2, 0.25) is 0 Å². The number of halogens is 1. The van der Waals surface area contributed by atoms with Crippen molar-refractivity contribution in [3.05, 3.63) is 29.3 Å². The molecule has 0 bridgehead atoms. The van der Waals surface area contributed by atoms with E-state index in [2.05, 4.69) is 6.92 Å². The summed E-state index contributed by atoms with van der Waals surface area (Å²) in [7, 11) is 1.55. The van der Waals surface area contributed by atoms with Crippen molar-refractivity contribution in [1.29, 1.82) is 0 Å². The Bertz CT molecular complexity index is 642. The maximum Gasteiger partial charge on any atom is 0.261 e. The zero-order chi connectivity index (χ0) is 15.1. The molecular weight excluding hydrogens is 298 g/mol. The van der Waals surface area contributed by atoms with E-state index in [-0.39, 0.29) is 16.8 Å². The van der Waals surface area contributed by atoms with Crippen molar-refractivity contribution in [1.82, 2.24) is 4.90 Å². The number of hydrogen-bond acceptors (Lipinski definition) is 3. The van der Waals surface area contributed by atoms with E-state index in [1.165, 1.54) is 12.1 Å². The maximum absolute atomic E-state index is 12.5. The van der Waals surface area contributed by atoms with Gasteiger partial charge in [0.25, 0.3) is 15.0 Å². The van der Waals surface area contributed by atoms with Gasteiger partial charge in [0.1, 0.15) is 0 Å². The third kappa shape index (κ3) is 2.99. The minimum absolute atomic E-state index is 0.0241. The van der Waals surface area contributed by atoms with Gasteiger partial charge in [0.05, 0.1) is 4.90 Å². The van der Waals surface area contributed by atoms with Crippen LogP contribution in [0.25, 0.3) is 0 Å². The van der Waals surface area contributed by atoms with Crippen molar-refractivity contribution in [2.45, 2.75) is 38.1 Å². The van der Waals surface area contributed by atoms with E-state index in [4.69, 9.17) is 10.7 Å². The van der Waals surface area contributed by atoms with E-state index in [0.29, 0.717) is 17.0 Å². The lowest BCUT2D eigenvalue weighted by molar-refractivity contribution is 0.0743. The molecule has 0 aromatic heterocycles. The lowest BCUT2D eigenvalue weighted by Gasteiger charge is -2.22. The molecule has 1 heterocycles. The summed E-state index contributed by atoms with van der Waals surface area (Å²) < 4.78 is 22.6. The van der Waals surface area contributed by atoms with E-state index in [0.717, 1.165) is 13.0 Å². The molecule has 0 N–H and O–H groups in total. The number of aryl methyl sites for hydroxylation is 1. The molecule has 0 radical (unpaired) electrons. The third-order valence-corrected chi connectivity index (χ3v) is 5.11. The summed E-state index contributed by atoms with van der Waals surface area (Å²) in [4.78, 5) is 14.4. The first-order chi connectivity index (χ1) is 9.20. The molecule has 1 aliphatic heterocycles. The summed E-state index contributed by atoms with van der Waals surface area (Å²) in [5.41, 5.74) is 1.17. The fourth-order valence-corrected chi connectivity index (χ4v) is 3.60. The van der Waals surface area contributed by atoms with Crippen molar-refractivity contribution in [2.75, 3.05) is 6.54 Å². The molecule has 0 saturated carbocycles. The van der Waals surface area contributed by atoms with E-state index < -0.39 is 9.05 Å². The van der Waals surface area contributed by atoms with Gasteiger partial charge in [0, 0.05) is 28.8 Å². The van der Waals surface area contributed by atoms with Gasteiger partial charge in [-0.05, 0) is 49.9 Å². The van der Waals surface area contributed by atoms with Crippen LogP contribution in [-0.2, 0) is 9.05 Å². The van der Waals surface area contributed by atoms with Crippen LogP contribution in [0.1, 0.15) is 36.2 Å². The predicted octanol–water partition coefficient (Wildman–Crippen LogP) is 2.79. The van der Waals surface area contributed by atoms with Crippen LogP contribution in [-0.4, -0.2) is 31.8 Å². The largest absolute Gasteiger partial charge is 0.336 e. The normalized spacial score (nSPS) is 23.1. The lowest BCUT2D eigenvalue weighted by Crippen LogP contribution is -2.34. The molecule has 1 amide bonds. The van der Waals surface area contributed by atoms with Gasteiger partial charge in [-0.25, -0.2) is 8.42 Å². The molecule has 2 rings (SSSR count). The summed E-state index contributed by atoms with van der Waals surface area (Å²) >= 11 is 0. The smallest absolute Gasteiger partial charge is 0.261 e. The fourth-order valence-electron chi connectivity index (χ4n) is 2.77. The molecule has 2 unspecified atom stereocenters. The zero-order valence-electron chi connectivity index (χ0n) is 11.8. The van der Waals surface area contributed by atoms with Gasteiger partial charge < -0.3 is 4.90 Å². The molecule has 1 aromatic rings. The van der Waals surface area contributed by atoms with Gasteiger partial charge in [-0.15, -0.1) is 0 Å². The van der Waals surface area contributed by atoms with Crippen LogP contribution in [0.3, 0.4) is 0 Å². The molecule has 2 atom stereocenters. The van der Waals surface area contributed by atoms with Gasteiger partial charge in [-0.3, -0.25) is 4.79 Å². The molecule has 0 spiro atoms. The highest BCUT2D eigenvalue weighted by molar-refractivity contribution is 8.13. The second-order valence-corrected chi connectivity index (χ2v) is 8.13. The van der Waals surface area contributed by atoms with Crippen molar-refractivity contribution < 1.29 is 13.2 Å². The van der Waals surface area contributed by atoms with Gasteiger partial charge >= 0.3 is 0 Å². The standard InChI is InChI=1S/C14H18ClNO3S/c1-9-6-11(3)16(8-9)14(17)13-5-4-12(7-10(13)2)20(15,18)19/h4-5,7,9,11H,6,8H2,1-3H3. The van der Waals surface area contributed by atoms with Crippen LogP contribution >= 0.6 is 10.7 Å². The van der Waals surface area contributed by atoms with Crippen molar-refractivity contribution in [2.24, 2.45) is 5.92 Å². The van der Waals surface area contributed by atoms with E-state index in [1.54, 1.807) is 13.0 Å². The highest BCUT2D eigenvalue weighted by Crippen LogP contribution is 2.26. The Morgan fingerprint density at radius 3 is 2.45 bits per heavy atom. The SMILES string of the molecule is Cc1cc(S(=O)(=O)Cl)ccc1C(=O)N1CC(C)CC1C. The minimum atomic E-state index is -3.76. The summed E-state index contributed by atoms with van der Waals surface area (Å²) in [5.74, 6) is 0.453. The Morgan fingerprint density at radius 2 is 2.00 bits per heavy atom. The van der Waals surface area contributed by atoms with Crippen LogP contribution in [0, 0.1) is 12.8 Å². The van der Waals surface area contributed by atoms with Crippen LogP contribution in [0.4, 0.5) is 0 Å². The number of hydrogen-bond donors (Lipinski definition) is 0. The monoisotopic (exact) mass is 315 g/mol. The minimum Gasteiger partial charge on any atom is -0.336 e. The predicted molar refractivity (Wildman–Crippen MR) is 78.5 cm³/mol. The number of amides is 1. The second kappa shape index (κ2) is 5.37. The van der Waals surface area contributed by atoms with E-state index in [1.807, 2.05) is 11.8 Å². The van der Waals surface area contributed by atoms with Crippen molar-refractivity contribution >= 4 is 25.6 Å². The molecule has 1 fully saturated rings. The maximum atomic E-state index is 12.5. The number of nitrogens with zero attached hydrogens (tertiary/aromatic N) is 1. The number of carbonyl (C=O) groups excluding carboxylic acids is 1. The fraction of sp³-hybridized carbons (Fsp3) is 0.500. The Hall–Kier alpha value is -1.07. The lowest BCUT2D eigenvalue weighted by atomic mass is 10.1. The molecule has 6 heteroatoms. The molecule has 1 aromatic carbocycles. The number of rotatable bonds is 2. The topological polar surface area (TPSA) is 54.5 Å². The van der Waals surface area contributed by atoms with Gasteiger partial charge in [0.15, 0.2) is 0 Å². The number of benzene rings is 1. The molecular formula is C14H18ClNO3S. The molecule has 20 heavy (non-hydrogen) atoms. The number of likely N-dealkylation sites (tertiary alicyclic amines) is 1. The first-order valence-electron chi connectivity index (χ1n) is 6.56. The first-order valence-corrected chi connectivity index (χ1v) is 8.87. The molecule has 110 valence electrons.